The zero-order valence-corrected chi connectivity index (χ0v) is 15.1. The van der Waals surface area contributed by atoms with E-state index in [1.54, 1.807) is 13.8 Å². The first-order valence-electron chi connectivity index (χ1n) is 7.95. The zero-order valence-electron chi connectivity index (χ0n) is 14.3. The lowest BCUT2D eigenvalue weighted by molar-refractivity contribution is -0.220. The van der Waals surface area contributed by atoms with E-state index in [2.05, 4.69) is 4.72 Å². The van der Waals surface area contributed by atoms with E-state index >= 15 is 0 Å². The van der Waals surface area contributed by atoms with Crippen molar-refractivity contribution in [2.24, 2.45) is 5.92 Å². The lowest BCUT2D eigenvalue weighted by Gasteiger charge is -2.33. The average Bonchev–Trinajstić information content (AvgIpc) is 2.38. The highest BCUT2D eigenvalue weighted by atomic mass is 32.2. The number of nitrogens with one attached hydrogen (secondary N) is 1. The number of sulfonamides is 1. The molecule has 0 radical (unpaired) electrons. The van der Waals surface area contributed by atoms with E-state index in [1.807, 2.05) is 20.8 Å². The summed E-state index contributed by atoms with van der Waals surface area (Å²) in [7, 11) is -3.21. The number of hydrogen-bond donors (Lipinski definition) is 1. The van der Waals surface area contributed by atoms with Gasteiger partial charge >= 0.3 is 0 Å². The highest BCUT2D eigenvalue weighted by Gasteiger charge is 2.28. The van der Waals surface area contributed by atoms with Crippen LogP contribution in [0.2, 0.25) is 0 Å². The van der Waals surface area contributed by atoms with Crippen LogP contribution in [-0.2, 0) is 19.7 Å². The van der Waals surface area contributed by atoms with E-state index in [4.69, 9.17) is 4.84 Å². The topological polar surface area (TPSA) is 75.7 Å². The number of amides is 1. The molecule has 0 heterocycles. The van der Waals surface area contributed by atoms with Crippen molar-refractivity contribution in [1.82, 2.24) is 9.79 Å². The van der Waals surface area contributed by atoms with Crippen LogP contribution in [0.3, 0.4) is 0 Å². The molecule has 0 atom stereocenters. The molecule has 1 aliphatic rings. The van der Waals surface area contributed by atoms with Gasteiger partial charge in [-0.2, -0.15) is 0 Å². The molecule has 0 aliphatic heterocycles. The highest BCUT2D eigenvalue weighted by Crippen LogP contribution is 2.26. The Balaban J connectivity index is 2.44. The molecule has 22 heavy (non-hydrogen) atoms. The largest absolute Gasteiger partial charge is 0.276 e. The van der Waals surface area contributed by atoms with Crippen LogP contribution in [0.5, 0.6) is 0 Å². The van der Waals surface area contributed by atoms with E-state index in [0.717, 1.165) is 32.1 Å². The molecule has 1 amide bonds. The maximum Gasteiger partial charge on any atom is 0.233 e. The summed E-state index contributed by atoms with van der Waals surface area (Å²) in [4.78, 5) is 16.7. The molecule has 0 unspecified atom stereocenters. The molecule has 1 rings (SSSR count). The lowest BCUT2D eigenvalue weighted by atomic mass is 9.86. The second kappa shape index (κ2) is 7.75. The predicted octanol–water partition coefficient (Wildman–Crippen LogP) is 2.06. The Hall–Kier alpha value is -0.660. The first kappa shape index (κ1) is 19.4. The number of nitrogens with zero attached hydrogens (tertiary/aromatic N) is 1. The van der Waals surface area contributed by atoms with Gasteiger partial charge in [0.05, 0.1) is 17.4 Å². The summed E-state index contributed by atoms with van der Waals surface area (Å²) in [6, 6.07) is 0.0110. The SMILES string of the molecule is CC(C)S(=O)(=O)N[C@H]1CC[C@H](CN(C=O)OC(C)(C)C)CC1. The third-order valence-electron chi connectivity index (χ3n) is 3.75. The van der Waals surface area contributed by atoms with Gasteiger partial charge in [-0.1, -0.05) is 0 Å². The van der Waals surface area contributed by atoms with E-state index < -0.39 is 20.9 Å². The lowest BCUT2D eigenvalue weighted by Crippen LogP contribution is -2.43. The molecule has 130 valence electrons. The summed E-state index contributed by atoms with van der Waals surface area (Å²) in [5.74, 6) is 0.354. The fourth-order valence-corrected chi connectivity index (χ4v) is 3.51. The van der Waals surface area contributed by atoms with Crippen LogP contribution in [0, 0.1) is 5.92 Å². The summed E-state index contributed by atoms with van der Waals surface area (Å²) < 4.78 is 26.5. The number of hydrogen-bond acceptors (Lipinski definition) is 4. The van der Waals surface area contributed by atoms with Crippen LogP contribution < -0.4 is 4.72 Å². The van der Waals surface area contributed by atoms with E-state index in [-0.39, 0.29) is 6.04 Å². The van der Waals surface area contributed by atoms with Crippen LogP contribution in [0.4, 0.5) is 0 Å². The van der Waals surface area contributed by atoms with Gasteiger partial charge in [-0.25, -0.2) is 18.2 Å². The molecule has 1 N–H and O–H groups in total. The van der Waals surface area contributed by atoms with Crippen molar-refractivity contribution in [2.45, 2.75) is 77.2 Å². The quantitative estimate of drug-likeness (QED) is 0.571. The van der Waals surface area contributed by atoms with Crippen molar-refractivity contribution in [2.75, 3.05) is 6.54 Å². The molecule has 0 bridgehead atoms. The minimum absolute atomic E-state index is 0.0110. The summed E-state index contributed by atoms with van der Waals surface area (Å²) in [5, 5.41) is 0.958. The van der Waals surface area contributed by atoms with Gasteiger partial charge in [0.2, 0.25) is 16.4 Å². The predicted molar refractivity (Wildman–Crippen MR) is 86.5 cm³/mol. The zero-order chi connectivity index (χ0) is 17.0. The van der Waals surface area contributed by atoms with Gasteiger partial charge in [0, 0.05) is 6.04 Å². The van der Waals surface area contributed by atoms with Gasteiger partial charge in [0.25, 0.3) is 0 Å². The fourth-order valence-electron chi connectivity index (χ4n) is 2.54. The Morgan fingerprint density at radius 3 is 2.18 bits per heavy atom. The van der Waals surface area contributed by atoms with Gasteiger partial charge in [-0.15, -0.1) is 0 Å². The Kier molecular flexibility index (Phi) is 6.83. The Bertz CT molecular complexity index is 449. The third kappa shape index (κ3) is 6.62. The summed E-state index contributed by atoms with van der Waals surface area (Å²) in [6.45, 7) is 9.63. The van der Waals surface area contributed by atoms with Crippen LogP contribution >= 0.6 is 0 Å². The summed E-state index contributed by atoms with van der Waals surface area (Å²) in [6.07, 6.45) is 4.11. The van der Waals surface area contributed by atoms with Gasteiger partial charge in [0.15, 0.2) is 0 Å². The van der Waals surface area contributed by atoms with Crippen LogP contribution in [0.25, 0.3) is 0 Å². The van der Waals surface area contributed by atoms with Gasteiger partial charge < -0.3 is 0 Å². The van der Waals surface area contributed by atoms with Crippen LogP contribution in [-0.4, -0.2) is 43.3 Å². The molecule has 1 aliphatic carbocycles. The standard InChI is InChI=1S/C15H30N2O4S/c1-12(2)22(19,20)16-14-8-6-13(7-9-14)10-17(11-18)21-15(3,4)5/h11-14,16H,6-10H2,1-5H3/t13-,14-. The van der Waals surface area contributed by atoms with Crippen molar-refractivity contribution in [1.29, 1.82) is 0 Å². The molecule has 1 fully saturated rings. The molecular weight excluding hydrogens is 304 g/mol. The minimum atomic E-state index is -3.21. The molecule has 6 nitrogen and oxygen atoms in total. The molecular formula is C15H30N2O4S. The molecule has 0 spiro atoms. The maximum absolute atomic E-state index is 11.9. The van der Waals surface area contributed by atoms with Crippen molar-refractivity contribution < 1.29 is 18.0 Å². The van der Waals surface area contributed by atoms with Crippen molar-refractivity contribution in [3.63, 3.8) is 0 Å². The first-order chi connectivity index (χ1) is 10.0. The van der Waals surface area contributed by atoms with Crippen molar-refractivity contribution >= 4 is 16.4 Å². The molecule has 0 saturated heterocycles. The Morgan fingerprint density at radius 1 is 1.23 bits per heavy atom. The number of rotatable bonds is 7. The second-order valence-corrected chi connectivity index (χ2v) is 9.61. The number of carbonyl (C=O) groups excluding carboxylic acids is 1. The molecule has 7 heteroatoms. The van der Waals surface area contributed by atoms with Gasteiger partial charge in [-0.3, -0.25) is 9.63 Å². The Morgan fingerprint density at radius 2 is 1.77 bits per heavy atom. The first-order valence-corrected chi connectivity index (χ1v) is 9.50. The van der Waals surface area contributed by atoms with Gasteiger partial charge in [0.1, 0.15) is 0 Å². The number of hydroxylamine groups is 2. The normalized spacial score (nSPS) is 23.5. The van der Waals surface area contributed by atoms with E-state index in [0.29, 0.717) is 12.5 Å². The smallest absolute Gasteiger partial charge is 0.233 e. The Labute approximate surface area is 134 Å². The monoisotopic (exact) mass is 334 g/mol. The fraction of sp³-hybridized carbons (Fsp3) is 0.933. The molecule has 0 aromatic rings. The average molecular weight is 334 g/mol. The number of carbonyl (C=O) groups is 1. The van der Waals surface area contributed by atoms with E-state index in [1.165, 1.54) is 5.06 Å². The summed E-state index contributed by atoms with van der Waals surface area (Å²) in [5.41, 5.74) is -0.398. The molecule has 1 saturated carbocycles. The third-order valence-corrected chi connectivity index (χ3v) is 5.65. The molecule has 0 aromatic heterocycles. The highest BCUT2D eigenvalue weighted by molar-refractivity contribution is 7.90. The van der Waals surface area contributed by atoms with Crippen molar-refractivity contribution in [3.05, 3.63) is 0 Å². The maximum atomic E-state index is 11.9. The van der Waals surface area contributed by atoms with Crippen LogP contribution in [0.15, 0.2) is 0 Å². The van der Waals surface area contributed by atoms with Gasteiger partial charge in [-0.05, 0) is 66.2 Å². The van der Waals surface area contributed by atoms with Crippen LogP contribution in [0.1, 0.15) is 60.3 Å². The van der Waals surface area contributed by atoms with Crippen molar-refractivity contribution in [3.8, 4) is 0 Å². The summed E-state index contributed by atoms with van der Waals surface area (Å²) >= 11 is 0. The minimum Gasteiger partial charge on any atom is -0.276 e. The second-order valence-electron chi connectivity index (χ2n) is 7.34. The molecule has 0 aromatic carbocycles. The van der Waals surface area contributed by atoms with E-state index in [9.17, 15) is 13.2 Å².